The number of hydrogen-bond donors (Lipinski definition) is 4. The van der Waals surface area contributed by atoms with Crippen molar-refractivity contribution in [2.75, 3.05) is 6.54 Å². The first kappa shape index (κ1) is 13.5. The van der Waals surface area contributed by atoms with E-state index in [1.807, 2.05) is 0 Å². The molecule has 0 aromatic carbocycles. The number of carbonyl (C=O) groups excluding carboxylic acids is 1. The summed E-state index contributed by atoms with van der Waals surface area (Å²) in [5.41, 5.74) is 1.89. The van der Waals surface area contributed by atoms with E-state index < -0.39 is 11.9 Å². The molecule has 2 unspecified atom stereocenters. The van der Waals surface area contributed by atoms with Crippen molar-refractivity contribution in [1.82, 2.24) is 20.6 Å². The lowest BCUT2D eigenvalue weighted by Gasteiger charge is -2.23. The van der Waals surface area contributed by atoms with Crippen molar-refractivity contribution < 1.29 is 14.7 Å². The van der Waals surface area contributed by atoms with Crippen molar-refractivity contribution in [3.8, 4) is 0 Å². The minimum atomic E-state index is -0.881. The highest BCUT2D eigenvalue weighted by atomic mass is 16.4. The maximum absolute atomic E-state index is 12.0. The third kappa shape index (κ3) is 3.11. The summed E-state index contributed by atoms with van der Waals surface area (Å²) < 4.78 is 0. The number of aliphatic carboxylic acids is 1. The molecule has 1 aliphatic heterocycles. The molecule has 2 heterocycles. The maximum atomic E-state index is 12.0. The van der Waals surface area contributed by atoms with Crippen LogP contribution in [0.2, 0.25) is 0 Å². The Labute approximate surface area is 110 Å². The highest BCUT2D eigenvalue weighted by Gasteiger charge is 2.26. The molecule has 0 radical (unpaired) electrons. The molecule has 19 heavy (non-hydrogen) atoms. The van der Waals surface area contributed by atoms with Gasteiger partial charge < -0.3 is 15.4 Å². The van der Waals surface area contributed by atoms with Crippen molar-refractivity contribution in [1.29, 1.82) is 0 Å². The van der Waals surface area contributed by atoms with Gasteiger partial charge >= 0.3 is 5.97 Å². The number of carboxylic acid groups (broad SMARTS) is 1. The van der Waals surface area contributed by atoms with E-state index in [2.05, 4.69) is 20.6 Å². The van der Waals surface area contributed by atoms with E-state index in [4.69, 9.17) is 5.11 Å². The molecule has 7 nitrogen and oxygen atoms in total. The van der Waals surface area contributed by atoms with Gasteiger partial charge in [0.1, 0.15) is 0 Å². The largest absolute Gasteiger partial charge is 0.481 e. The molecule has 0 fully saturated rings. The van der Waals surface area contributed by atoms with Gasteiger partial charge in [0.15, 0.2) is 0 Å². The zero-order valence-electron chi connectivity index (χ0n) is 10.8. The Bertz CT molecular complexity index is 471. The van der Waals surface area contributed by atoms with Crippen LogP contribution in [-0.4, -0.2) is 39.5 Å². The number of nitrogens with zero attached hydrogens (tertiary/aromatic N) is 1. The van der Waals surface area contributed by atoms with Gasteiger partial charge in [-0.3, -0.25) is 14.9 Å². The minimum Gasteiger partial charge on any atom is -0.481 e. The Morgan fingerprint density at radius 1 is 1.63 bits per heavy atom. The molecule has 2 atom stereocenters. The van der Waals surface area contributed by atoms with Gasteiger partial charge in [-0.25, -0.2) is 4.98 Å². The molecule has 0 bridgehead atoms. The second kappa shape index (κ2) is 5.83. The maximum Gasteiger partial charge on any atom is 0.308 e. The molecule has 1 aromatic heterocycles. The van der Waals surface area contributed by atoms with Crippen LogP contribution in [0.4, 0.5) is 0 Å². The predicted octanol–water partition coefficient (Wildman–Crippen LogP) is -0.349. The van der Waals surface area contributed by atoms with Crippen LogP contribution >= 0.6 is 0 Å². The smallest absolute Gasteiger partial charge is 0.308 e. The lowest BCUT2D eigenvalue weighted by Crippen LogP contribution is -2.49. The van der Waals surface area contributed by atoms with Gasteiger partial charge in [0.2, 0.25) is 5.91 Å². The normalized spacial score (nSPS) is 19.5. The first-order valence-corrected chi connectivity index (χ1v) is 6.36. The van der Waals surface area contributed by atoms with Crippen LogP contribution in [0.1, 0.15) is 24.7 Å². The molecule has 1 amide bonds. The summed E-state index contributed by atoms with van der Waals surface area (Å²) in [6.07, 6.45) is 2.63. The van der Waals surface area contributed by atoms with Crippen molar-refractivity contribution in [2.45, 2.75) is 32.4 Å². The molecular weight excluding hydrogens is 248 g/mol. The number of aromatic amines is 1. The van der Waals surface area contributed by atoms with E-state index in [1.54, 1.807) is 13.3 Å². The van der Waals surface area contributed by atoms with Crippen LogP contribution in [0.25, 0.3) is 0 Å². The molecule has 7 heteroatoms. The van der Waals surface area contributed by atoms with Crippen LogP contribution < -0.4 is 10.6 Å². The first-order valence-electron chi connectivity index (χ1n) is 6.36. The van der Waals surface area contributed by atoms with Gasteiger partial charge in [-0.2, -0.15) is 0 Å². The molecule has 4 N–H and O–H groups in total. The quantitative estimate of drug-likeness (QED) is 0.583. The first-order chi connectivity index (χ1) is 9.11. The third-order valence-corrected chi connectivity index (χ3v) is 3.41. The summed E-state index contributed by atoms with van der Waals surface area (Å²) in [5, 5.41) is 14.7. The van der Waals surface area contributed by atoms with Crippen molar-refractivity contribution in [3.05, 3.63) is 17.7 Å². The monoisotopic (exact) mass is 266 g/mol. The molecule has 0 spiro atoms. The number of amides is 1. The van der Waals surface area contributed by atoms with Crippen molar-refractivity contribution in [3.63, 3.8) is 0 Å². The van der Waals surface area contributed by atoms with Gasteiger partial charge in [0.05, 0.1) is 29.7 Å². The SMILES string of the molecule is CCC(CNC(=O)C1Cc2nc[nH]c2CN1)C(=O)O. The molecule has 0 saturated carbocycles. The third-order valence-electron chi connectivity index (χ3n) is 3.41. The lowest BCUT2D eigenvalue weighted by atomic mass is 10.0. The molecule has 0 saturated heterocycles. The number of carbonyl (C=O) groups is 2. The summed E-state index contributed by atoms with van der Waals surface area (Å²) in [6.45, 7) is 2.53. The fourth-order valence-electron chi connectivity index (χ4n) is 2.11. The van der Waals surface area contributed by atoms with Gasteiger partial charge in [-0.05, 0) is 6.42 Å². The van der Waals surface area contributed by atoms with Crippen LogP contribution in [0.15, 0.2) is 6.33 Å². The van der Waals surface area contributed by atoms with E-state index >= 15 is 0 Å². The Kier molecular flexibility index (Phi) is 4.16. The fourth-order valence-corrected chi connectivity index (χ4v) is 2.11. The van der Waals surface area contributed by atoms with Crippen LogP contribution in [0.5, 0.6) is 0 Å². The fraction of sp³-hybridized carbons (Fsp3) is 0.583. The Morgan fingerprint density at radius 3 is 3.11 bits per heavy atom. The van der Waals surface area contributed by atoms with Gasteiger partial charge in [-0.1, -0.05) is 6.92 Å². The highest BCUT2D eigenvalue weighted by Crippen LogP contribution is 2.12. The second-order valence-electron chi connectivity index (χ2n) is 4.65. The Hall–Kier alpha value is -1.89. The molecule has 2 rings (SSSR count). The number of hydrogen-bond acceptors (Lipinski definition) is 4. The summed E-state index contributed by atoms with van der Waals surface area (Å²) in [4.78, 5) is 30.0. The number of carboxylic acids is 1. The number of rotatable bonds is 5. The average molecular weight is 266 g/mol. The minimum absolute atomic E-state index is 0.163. The van der Waals surface area contributed by atoms with E-state index in [0.29, 0.717) is 19.4 Å². The van der Waals surface area contributed by atoms with E-state index in [9.17, 15) is 9.59 Å². The van der Waals surface area contributed by atoms with E-state index in [1.165, 1.54) is 0 Å². The zero-order chi connectivity index (χ0) is 13.8. The number of H-pyrrole nitrogens is 1. The van der Waals surface area contributed by atoms with Crippen LogP contribution in [0.3, 0.4) is 0 Å². The Morgan fingerprint density at radius 2 is 2.42 bits per heavy atom. The number of fused-ring (bicyclic) bond motifs is 1. The topological polar surface area (TPSA) is 107 Å². The summed E-state index contributed by atoms with van der Waals surface area (Å²) in [5.74, 6) is -1.59. The average Bonchev–Trinajstić information content (AvgIpc) is 2.85. The van der Waals surface area contributed by atoms with Gasteiger partial charge in [0, 0.05) is 19.5 Å². The van der Waals surface area contributed by atoms with Crippen molar-refractivity contribution >= 4 is 11.9 Å². The second-order valence-corrected chi connectivity index (χ2v) is 4.65. The van der Waals surface area contributed by atoms with Crippen molar-refractivity contribution in [2.24, 2.45) is 5.92 Å². The van der Waals surface area contributed by atoms with E-state index in [0.717, 1.165) is 11.4 Å². The number of imidazole rings is 1. The lowest BCUT2D eigenvalue weighted by molar-refractivity contribution is -0.141. The zero-order valence-corrected chi connectivity index (χ0v) is 10.8. The van der Waals surface area contributed by atoms with Crippen LogP contribution in [0, 0.1) is 5.92 Å². The standard InChI is InChI=1S/C12H18N4O3/c1-2-7(12(18)19)4-14-11(17)9-3-8-10(5-13-9)16-6-15-8/h6-7,9,13H,2-5H2,1H3,(H,14,17)(H,15,16)(H,18,19). The number of aromatic nitrogens is 2. The highest BCUT2D eigenvalue weighted by molar-refractivity contribution is 5.83. The van der Waals surface area contributed by atoms with Gasteiger partial charge in [0.25, 0.3) is 0 Å². The summed E-state index contributed by atoms with van der Waals surface area (Å²) in [7, 11) is 0. The Balaban J connectivity index is 1.86. The van der Waals surface area contributed by atoms with E-state index in [-0.39, 0.29) is 18.5 Å². The van der Waals surface area contributed by atoms with Gasteiger partial charge in [-0.15, -0.1) is 0 Å². The predicted molar refractivity (Wildman–Crippen MR) is 67.3 cm³/mol. The number of nitrogens with one attached hydrogen (secondary N) is 3. The van der Waals surface area contributed by atoms with Crippen LogP contribution in [-0.2, 0) is 22.6 Å². The molecule has 1 aromatic rings. The summed E-state index contributed by atoms with van der Waals surface area (Å²) in [6, 6.07) is -0.345. The molecular formula is C12H18N4O3. The molecule has 1 aliphatic rings. The molecule has 104 valence electrons. The summed E-state index contributed by atoms with van der Waals surface area (Å²) >= 11 is 0. The molecule has 0 aliphatic carbocycles.